The van der Waals surface area contributed by atoms with E-state index in [4.69, 9.17) is 20.8 Å². The van der Waals surface area contributed by atoms with Crippen molar-refractivity contribution in [1.29, 1.82) is 0 Å². The maximum Gasteiger partial charge on any atom is 0.289 e. The highest BCUT2D eigenvalue weighted by atomic mass is 35.5. The molecule has 0 atom stereocenters. The van der Waals surface area contributed by atoms with Gasteiger partial charge in [-0.3, -0.25) is 9.59 Å². The summed E-state index contributed by atoms with van der Waals surface area (Å²) >= 11 is 6.02. The van der Waals surface area contributed by atoms with Crippen molar-refractivity contribution in [2.45, 2.75) is 38.1 Å². The van der Waals surface area contributed by atoms with Gasteiger partial charge in [0.05, 0.1) is 6.20 Å². The third-order valence-corrected chi connectivity index (χ3v) is 6.79. The van der Waals surface area contributed by atoms with Crippen molar-refractivity contribution in [3.63, 3.8) is 0 Å². The molecule has 0 saturated heterocycles. The van der Waals surface area contributed by atoms with E-state index in [0.717, 1.165) is 30.4 Å². The van der Waals surface area contributed by atoms with Crippen LogP contribution in [0.4, 0.5) is 0 Å². The summed E-state index contributed by atoms with van der Waals surface area (Å²) in [4.78, 5) is 29.3. The van der Waals surface area contributed by atoms with Crippen LogP contribution in [0.15, 0.2) is 59.1 Å². The number of ketones is 1. The first-order valence-electron chi connectivity index (χ1n) is 10.6. The number of benzene rings is 2. The quantitative estimate of drug-likeness (QED) is 0.522. The minimum Gasteiger partial charge on any atom is -0.486 e. The Kier molecular flexibility index (Phi) is 5.05. The average Bonchev–Trinajstić information content (AvgIpc) is 3.23. The molecule has 2 bridgehead atoms. The van der Waals surface area contributed by atoms with Gasteiger partial charge in [0.1, 0.15) is 12.4 Å². The van der Waals surface area contributed by atoms with Crippen molar-refractivity contribution in [3.8, 4) is 17.2 Å². The average molecular weight is 451 g/mol. The predicted molar refractivity (Wildman–Crippen MR) is 120 cm³/mol. The number of Topliss-reactive ketones (excluding diaryl/α,β-unsaturated/α-hetero) is 1. The molecule has 0 aliphatic heterocycles. The second kappa shape index (κ2) is 7.78. The molecule has 3 aliphatic carbocycles. The molecule has 0 radical (unpaired) electrons. The van der Waals surface area contributed by atoms with Gasteiger partial charge in [-0.05, 0) is 67.5 Å². The molecule has 0 spiro atoms. The van der Waals surface area contributed by atoms with Crippen LogP contribution in [0.5, 0.6) is 5.75 Å². The summed E-state index contributed by atoms with van der Waals surface area (Å²) in [5, 5.41) is 3.75. The molecule has 1 heterocycles. The Hall–Kier alpha value is -3.12. The maximum absolute atomic E-state index is 12.6. The van der Waals surface area contributed by atoms with Crippen LogP contribution in [0.3, 0.4) is 0 Å². The SMILES string of the molecule is Cc1cc(OCC(=O)CC23CC(NC(=O)c4cnc(-c5ccccc5)o4)(C2)C3)ccc1Cl. The molecular formula is C25H23ClN2O4. The van der Waals surface area contributed by atoms with Gasteiger partial charge >= 0.3 is 0 Å². The molecule has 3 fully saturated rings. The number of aryl methyl sites for hydroxylation is 1. The molecule has 3 saturated carbocycles. The molecule has 7 heteroatoms. The summed E-state index contributed by atoms with van der Waals surface area (Å²) in [5.74, 6) is 1.07. The number of nitrogens with zero attached hydrogens (tertiary/aromatic N) is 1. The van der Waals surface area contributed by atoms with E-state index in [1.54, 1.807) is 12.1 Å². The fraction of sp³-hybridized carbons (Fsp3) is 0.320. The number of carbonyl (C=O) groups excluding carboxylic acids is 2. The highest BCUT2D eigenvalue weighted by Gasteiger charge is 2.68. The lowest BCUT2D eigenvalue weighted by Crippen LogP contribution is -2.75. The predicted octanol–water partition coefficient (Wildman–Crippen LogP) is 4.99. The topological polar surface area (TPSA) is 81.4 Å². The number of ether oxygens (including phenoxy) is 1. The number of carbonyl (C=O) groups is 2. The number of nitrogens with one attached hydrogen (secondary N) is 1. The lowest BCUT2D eigenvalue weighted by molar-refractivity contribution is -0.162. The van der Waals surface area contributed by atoms with E-state index in [9.17, 15) is 9.59 Å². The van der Waals surface area contributed by atoms with Gasteiger partial charge in [-0.25, -0.2) is 4.98 Å². The monoisotopic (exact) mass is 450 g/mol. The first-order valence-corrected chi connectivity index (χ1v) is 11.0. The normalized spacial score (nSPS) is 23.1. The van der Waals surface area contributed by atoms with Gasteiger partial charge in [-0.2, -0.15) is 0 Å². The first kappa shape index (κ1) is 20.8. The number of aromatic nitrogens is 1. The summed E-state index contributed by atoms with van der Waals surface area (Å²) in [6.07, 6.45) is 4.33. The zero-order chi connectivity index (χ0) is 22.3. The van der Waals surface area contributed by atoms with Crippen molar-refractivity contribution in [2.24, 2.45) is 5.41 Å². The van der Waals surface area contributed by atoms with Crippen LogP contribution in [0.25, 0.3) is 11.5 Å². The summed E-state index contributed by atoms with van der Waals surface area (Å²) in [5.41, 5.74) is 1.49. The van der Waals surface area contributed by atoms with E-state index in [-0.39, 0.29) is 35.0 Å². The molecule has 0 unspecified atom stereocenters. The Balaban J connectivity index is 1.10. The molecule has 32 heavy (non-hydrogen) atoms. The summed E-state index contributed by atoms with van der Waals surface area (Å²) < 4.78 is 11.3. The second-order valence-corrected chi connectivity index (χ2v) is 9.48. The Bertz CT molecular complexity index is 1170. The maximum atomic E-state index is 12.6. The van der Waals surface area contributed by atoms with Crippen molar-refractivity contribution in [1.82, 2.24) is 10.3 Å². The first-order chi connectivity index (χ1) is 15.4. The molecule has 164 valence electrons. The summed E-state index contributed by atoms with van der Waals surface area (Å²) in [6.45, 7) is 1.94. The van der Waals surface area contributed by atoms with Gasteiger partial charge < -0.3 is 14.5 Å². The van der Waals surface area contributed by atoms with Gasteiger partial charge in [0.25, 0.3) is 5.91 Å². The van der Waals surface area contributed by atoms with Crippen LogP contribution in [-0.2, 0) is 4.79 Å². The third kappa shape index (κ3) is 3.91. The van der Waals surface area contributed by atoms with E-state index in [1.165, 1.54) is 6.20 Å². The Morgan fingerprint density at radius 3 is 2.62 bits per heavy atom. The van der Waals surface area contributed by atoms with Crippen LogP contribution < -0.4 is 10.1 Å². The second-order valence-electron chi connectivity index (χ2n) is 9.08. The molecule has 1 N–H and O–H groups in total. The largest absolute Gasteiger partial charge is 0.486 e. The van der Waals surface area contributed by atoms with E-state index in [0.29, 0.717) is 23.1 Å². The number of hydrogen-bond acceptors (Lipinski definition) is 5. The number of amides is 1. The minimum absolute atomic E-state index is 0.0136. The van der Waals surface area contributed by atoms with E-state index in [2.05, 4.69) is 10.3 Å². The minimum atomic E-state index is -0.263. The van der Waals surface area contributed by atoms with Crippen LogP contribution in [-0.4, -0.2) is 28.8 Å². The molecule has 1 amide bonds. The molecule has 3 aliphatic rings. The van der Waals surface area contributed by atoms with Crippen LogP contribution in [0.1, 0.15) is 41.8 Å². The van der Waals surface area contributed by atoms with Crippen molar-refractivity contribution in [2.75, 3.05) is 6.61 Å². The molecular weight excluding hydrogens is 428 g/mol. The van der Waals surface area contributed by atoms with Gasteiger partial charge in [0.2, 0.25) is 11.7 Å². The Labute approximate surface area is 190 Å². The lowest BCUT2D eigenvalue weighted by Gasteiger charge is -2.70. The lowest BCUT2D eigenvalue weighted by atomic mass is 9.38. The summed E-state index contributed by atoms with van der Waals surface area (Å²) in [7, 11) is 0. The molecule has 3 aromatic rings. The number of hydrogen-bond donors (Lipinski definition) is 1. The highest BCUT2D eigenvalue weighted by Crippen LogP contribution is 2.69. The van der Waals surface area contributed by atoms with Gasteiger partial charge in [-0.15, -0.1) is 0 Å². The molecule has 1 aromatic heterocycles. The van der Waals surface area contributed by atoms with Gasteiger partial charge in [0, 0.05) is 22.5 Å². The fourth-order valence-corrected chi connectivity index (χ4v) is 5.17. The van der Waals surface area contributed by atoms with Crippen molar-refractivity contribution >= 4 is 23.3 Å². The van der Waals surface area contributed by atoms with Crippen molar-refractivity contribution < 1.29 is 18.7 Å². The summed E-state index contributed by atoms with van der Waals surface area (Å²) in [6, 6.07) is 14.8. The fourth-order valence-electron chi connectivity index (χ4n) is 5.05. The van der Waals surface area contributed by atoms with Gasteiger partial charge in [0.15, 0.2) is 5.78 Å². The zero-order valence-electron chi connectivity index (χ0n) is 17.7. The van der Waals surface area contributed by atoms with Crippen LogP contribution in [0, 0.1) is 12.3 Å². The number of halogens is 1. The molecule has 2 aromatic carbocycles. The smallest absolute Gasteiger partial charge is 0.289 e. The standard InChI is InChI=1S/C25H23ClN2O4/c1-16-9-19(7-8-20(16)26)31-12-18(29)10-24-13-25(14-24,15-24)28-22(30)21-11-27-23(32-21)17-5-3-2-4-6-17/h2-9,11H,10,12-15H2,1H3,(H,28,30). The zero-order valence-corrected chi connectivity index (χ0v) is 18.4. The van der Waals surface area contributed by atoms with Gasteiger partial charge in [-0.1, -0.05) is 29.8 Å². The van der Waals surface area contributed by atoms with Crippen LogP contribution >= 0.6 is 11.6 Å². The third-order valence-electron chi connectivity index (χ3n) is 6.37. The molecule has 6 rings (SSSR count). The van der Waals surface area contributed by atoms with Crippen molar-refractivity contribution in [3.05, 3.63) is 71.1 Å². The number of rotatable bonds is 8. The van der Waals surface area contributed by atoms with E-state index < -0.39 is 0 Å². The van der Waals surface area contributed by atoms with E-state index >= 15 is 0 Å². The highest BCUT2D eigenvalue weighted by molar-refractivity contribution is 6.31. The Morgan fingerprint density at radius 1 is 1.16 bits per heavy atom. The Morgan fingerprint density at radius 2 is 1.91 bits per heavy atom. The van der Waals surface area contributed by atoms with Crippen LogP contribution in [0.2, 0.25) is 5.02 Å². The van der Waals surface area contributed by atoms with E-state index in [1.807, 2.05) is 43.3 Å². The molecule has 6 nitrogen and oxygen atoms in total. The number of oxazole rings is 1.